The molecule has 3 heteroatoms. The molecule has 0 aliphatic carbocycles. The number of anilines is 6. The number of benzene rings is 14. The largest absolute Gasteiger partial charge is 0.309 e. The number of fused-ring (bicyclic) bond motifs is 3. The predicted octanol–water partition coefficient (Wildman–Crippen LogP) is 24.1. The number of rotatable bonds is 11. The van der Waals surface area contributed by atoms with Gasteiger partial charge in [0.2, 0.25) is 0 Å². The number of nitrogens with zero attached hydrogens (tertiary/aromatic N) is 2. The summed E-state index contributed by atoms with van der Waals surface area (Å²) >= 11 is 1.88. The molecule has 0 aliphatic rings. The zero-order valence-corrected chi connectivity index (χ0v) is 49.3. The molecule has 0 unspecified atom stereocenters. The fourth-order valence-electron chi connectivity index (χ4n) is 13.2. The van der Waals surface area contributed by atoms with Crippen LogP contribution in [0.5, 0.6) is 0 Å². The first kappa shape index (κ1) is 51.8. The summed E-state index contributed by atoms with van der Waals surface area (Å²) in [5.74, 6) is 0. The summed E-state index contributed by atoms with van der Waals surface area (Å²) in [5.41, 5.74) is 21.9. The quantitative estimate of drug-likeness (QED) is 0.119. The van der Waals surface area contributed by atoms with Crippen LogP contribution in [0.4, 0.5) is 34.1 Å². The highest BCUT2D eigenvalue weighted by Gasteiger charge is 2.31. The van der Waals surface area contributed by atoms with Crippen molar-refractivity contribution in [3.05, 3.63) is 302 Å². The Morgan fingerprint density at radius 1 is 0.294 bits per heavy atom. The van der Waals surface area contributed by atoms with E-state index in [0.717, 1.165) is 78.6 Å². The summed E-state index contributed by atoms with van der Waals surface area (Å²) < 4.78 is 2.49. The van der Waals surface area contributed by atoms with Gasteiger partial charge in [-0.25, -0.2) is 0 Å². The highest BCUT2D eigenvalue weighted by Crippen LogP contribution is 2.56. The minimum atomic E-state index is -0.0633. The van der Waals surface area contributed by atoms with Gasteiger partial charge in [0, 0.05) is 48.4 Å². The molecular formula is C82H62N2S. The van der Waals surface area contributed by atoms with Gasteiger partial charge in [0.05, 0.1) is 33.1 Å². The van der Waals surface area contributed by atoms with Gasteiger partial charge < -0.3 is 9.80 Å². The van der Waals surface area contributed by atoms with E-state index in [-0.39, 0.29) is 5.41 Å². The standard InChI is InChI=1S/C82H62N2S/c1-53-24-18-19-33-64(53)65-35-22-37-72(54(65)2)83(74-50-59(55-25-10-6-11-26-55)40-44-66(74)57-29-14-8-15-30-57)76-52-77(71-47-43-62-49-63(82(3,4)5)48-61-42-46-70(76)80(71)79(61)62)84(73-38-23-36-69-68-34-20-21-39-78(68)85-81(69)73)75-51-60(56-27-12-7-13-28-56)41-45-67(75)58-31-16-9-17-32-58/h6-52H,1-5H3. The summed E-state index contributed by atoms with van der Waals surface area (Å²) in [5, 5.41) is 9.82. The van der Waals surface area contributed by atoms with Crippen LogP contribution in [0.25, 0.3) is 108 Å². The van der Waals surface area contributed by atoms with Crippen LogP contribution < -0.4 is 9.80 Å². The number of thiophene rings is 1. The van der Waals surface area contributed by atoms with Gasteiger partial charge in [-0.3, -0.25) is 0 Å². The molecule has 0 saturated heterocycles. The van der Waals surface area contributed by atoms with Crippen LogP contribution in [0.3, 0.4) is 0 Å². The zero-order chi connectivity index (χ0) is 57.3. The summed E-state index contributed by atoms with van der Waals surface area (Å²) in [6, 6.07) is 107. The van der Waals surface area contributed by atoms with Crippen molar-refractivity contribution in [1.82, 2.24) is 0 Å². The number of hydrogen-bond donors (Lipinski definition) is 0. The lowest BCUT2D eigenvalue weighted by Gasteiger charge is -2.35. The maximum absolute atomic E-state index is 2.63. The maximum Gasteiger partial charge on any atom is 0.0640 e. The summed E-state index contributed by atoms with van der Waals surface area (Å²) in [7, 11) is 0. The van der Waals surface area contributed by atoms with Crippen LogP contribution in [0.2, 0.25) is 0 Å². The second-order valence-corrected chi connectivity index (χ2v) is 24.7. The van der Waals surface area contributed by atoms with E-state index in [1.807, 2.05) is 11.3 Å². The van der Waals surface area contributed by atoms with Gasteiger partial charge in [-0.05, 0) is 133 Å². The molecule has 0 atom stereocenters. The van der Waals surface area contributed by atoms with Gasteiger partial charge in [0.15, 0.2) is 0 Å². The van der Waals surface area contributed by atoms with Crippen molar-refractivity contribution < 1.29 is 0 Å². The van der Waals surface area contributed by atoms with Crippen molar-refractivity contribution >= 4 is 98.0 Å². The van der Waals surface area contributed by atoms with Gasteiger partial charge >= 0.3 is 0 Å². The Kier molecular flexibility index (Phi) is 12.8. The molecule has 15 aromatic rings. The zero-order valence-electron chi connectivity index (χ0n) is 48.4. The predicted molar refractivity (Wildman–Crippen MR) is 368 cm³/mol. The second-order valence-electron chi connectivity index (χ2n) is 23.7. The third-order valence-corrected chi connectivity index (χ3v) is 18.7. The third kappa shape index (κ3) is 9.02. The van der Waals surface area contributed by atoms with E-state index in [9.17, 15) is 0 Å². The number of hydrogen-bond acceptors (Lipinski definition) is 3. The van der Waals surface area contributed by atoms with Gasteiger partial charge in [0.25, 0.3) is 0 Å². The van der Waals surface area contributed by atoms with Gasteiger partial charge in [-0.1, -0.05) is 269 Å². The highest BCUT2D eigenvalue weighted by molar-refractivity contribution is 7.26. The second kappa shape index (κ2) is 21.0. The Balaban J connectivity index is 1.15. The fourth-order valence-corrected chi connectivity index (χ4v) is 14.4. The molecule has 0 bridgehead atoms. The van der Waals surface area contributed by atoms with E-state index in [1.54, 1.807) is 0 Å². The van der Waals surface area contributed by atoms with E-state index >= 15 is 0 Å². The third-order valence-electron chi connectivity index (χ3n) is 17.5. The smallest absolute Gasteiger partial charge is 0.0640 e. The Bertz CT molecular complexity index is 4980. The molecule has 1 heterocycles. The molecule has 85 heavy (non-hydrogen) atoms. The van der Waals surface area contributed by atoms with Gasteiger partial charge in [0.1, 0.15) is 0 Å². The molecule has 0 amide bonds. The SMILES string of the molecule is Cc1ccccc1-c1cccc(N(c2cc(-c3ccccc3)ccc2-c2ccccc2)c2cc(N(c3cc(-c4ccccc4)ccc3-c3ccccc3)c3cccc4c3sc3ccccc34)c3ccc4cc(C(C)(C)C)cc5ccc2c3c54)c1C. The van der Waals surface area contributed by atoms with Crippen LogP contribution in [0.15, 0.2) is 285 Å². The molecule has 0 saturated carbocycles. The van der Waals surface area contributed by atoms with Crippen molar-refractivity contribution in [3.63, 3.8) is 0 Å². The first-order valence-corrected chi connectivity index (χ1v) is 30.4. The topological polar surface area (TPSA) is 6.48 Å². The van der Waals surface area contributed by atoms with Gasteiger partial charge in [-0.2, -0.15) is 0 Å². The fraction of sp³-hybridized carbons (Fsp3) is 0.0732. The lowest BCUT2D eigenvalue weighted by molar-refractivity contribution is 0.591. The monoisotopic (exact) mass is 1110 g/mol. The number of aryl methyl sites for hydroxylation is 1. The minimum absolute atomic E-state index is 0.0633. The molecule has 0 radical (unpaired) electrons. The maximum atomic E-state index is 2.63. The average Bonchev–Trinajstić information content (AvgIpc) is 1.50. The van der Waals surface area contributed by atoms with E-state index < -0.39 is 0 Å². The van der Waals surface area contributed by atoms with Crippen molar-refractivity contribution in [3.8, 4) is 55.6 Å². The lowest BCUT2D eigenvalue weighted by atomic mass is 9.83. The van der Waals surface area contributed by atoms with Gasteiger partial charge in [-0.15, -0.1) is 11.3 Å². The normalized spacial score (nSPS) is 11.8. The van der Waals surface area contributed by atoms with Crippen molar-refractivity contribution in [1.29, 1.82) is 0 Å². The first-order chi connectivity index (χ1) is 41.6. The first-order valence-electron chi connectivity index (χ1n) is 29.6. The molecule has 406 valence electrons. The van der Waals surface area contributed by atoms with Crippen LogP contribution >= 0.6 is 11.3 Å². The van der Waals surface area contributed by atoms with E-state index in [2.05, 4.69) is 330 Å². The summed E-state index contributed by atoms with van der Waals surface area (Å²) in [6.45, 7) is 11.5. The van der Waals surface area contributed by atoms with E-state index in [4.69, 9.17) is 0 Å². The van der Waals surface area contributed by atoms with Crippen LogP contribution in [0.1, 0.15) is 37.5 Å². The van der Waals surface area contributed by atoms with Crippen LogP contribution in [0, 0.1) is 13.8 Å². The molecule has 1 aromatic heterocycles. The Labute approximate surface area is 502 Å². The molecule has 0 aliphatic heterocycles. The lowest BCUT2D eigenvalue weighted by Crippen LogP contribution is -2.17. The molecule has 0 fully saturated rings. The van der Waals surface area contributed by atoms with Crippen molar-refractivity contribution in [2.75, 3.05) is 9.80 Å². The van der Waals surface area contributed by atoms with E-state index in [0.29, 0.717) is 0 Å². The summed E-state index contributed by atoms with van der Waals surface area (Å²) in [4.78, 5) is 5.26. The Morgan fingerprint density at radius 3 is 1.33 bits per heavy atom. The average molecular weight is 1110 g/mol. The Morgan fingerprint density at radius 2 is 0.765 bits per heavy atom. The highest BCUT2D eigenvalue weighted by atomic mass is 32.1. The van der Waals surface area contributed by atoms with Crippen molar-refractivity contribution in [2.24, 2.45) is 0 Å². The minimum Gasteiger partial charge on any atom is -0.309 e. The molecular weight excluding hydrogens is 1040 g/mol. The van der Waals surface area contributed by atoms with E-state index in [1.165, 1.54) is 80.3 Å². The Hall–Kier alpha value is -10.1. The molecule has 2 nitrogen and oxygen atoms in total. The molecule has 14 aromatic carbocycles. The molecule has 0 spiro atoms. The van der Waals surface area contributed by atoms with Crippen LogP contribution in [-0.4, -0.2) is 0 Å². The van der Waals surface area contributed by atoms with Crippen molar-refractivity contribution in [2.45, 2.75) is 40.0 Å². The molecule has 15 rings (SSSR count). The van der Waals surface area contributed by atoms with Crippen LogP contribution in [-0.2, 0) is 5.41 Å². The summed E-state index contributed by atoms with van der Waals surface area (Å²) in [6.07, 6.45) is 0. The molecule has 0 N–H and O–H groups in total.